The number of carbonyl (C=O) groups is 2. The SMILES string of the molecule is COc1cc(C(=O)N(C)CC(=O)Nc2c(C)cc(C)cc2C)cc(Cl)c1OC. The number of nitrogens with zero attached hydrogens (tertiary/aromatic N) is 1. The van der Waals surface area contributed by atoms with E-state index in [9.17, 15) is 9.59 Å². The van der Waals surface area contributed by atoms with Crippen LogP contribution < -0.4 is 14.8 Å². The number of aryl methyl sites for hydroxylation is 3. The lowest BCUT2D eigenvalue weighted by atomic mass is 10.1. The van der Waals surface area contributed by atoms with Crippen molar-refractivity contribution in [3.63, 3.8) is 0 Å². The number of anilines is 1. The van der Waals surface area contributed by atoms with E-state index in [1.807, 2.05) is 32.9 Å². The lowest BCUT2D eigenvalue weighted by Crippen LogP contribution is -2.35. The topological polar surface area (TPSA) is 67.9 Å². The van der Waals surface area contributed by atoms with Crippen LogP contribution in [0.5, 0.6) is 11.5 Å². The van der Waals surface area contributed by atoms with Gasteiger partial charge in [0.2, 0.25) is 5.91 Å². The van der Waals surface area contributed by atoms with Crippen molar-refractivity contribution in [3.05, 3.63) is 51.5 Å². The van der Waals surface area contributed by atoms with E-state index in [0.717, 1.165) is 22.4 Å². The number of likely N-dealkylation sites (N-methyl/N-ethyl adjacent to an activating group) is 1. The molecule has 0 saturated carbocycles. The van der Waals surface area contributed by atoms with Crippen LogP contribution in [0.15, 0.2) is 24.3 Å². The summed E-state index contributed by atoms with van der Waals surface area (Å²) in [4.78, 5) is 26.5. The molecule has 2 aromatic rings. The van der Waals surface area contributed by atoms with Crippen LogP contribution in [0.2, 0.25) is 5.02 Å². The second-order valence-electron chi connectivity index (χ2n) is 6.68. The fourth-order valence-corrected chi connectivity index (χ4v) is 3.39. The summed E-state index contributed by atoms with van der Waals surface area (Å²) in [5.41, 5.74) is 4.16. The van der Waals surface area contributed by atoms with Gasteiger partial charge >= 0.3 is 0 Å². The highest BCUT2D eigenvalue weighted by molar-refractivity contribution is 6.32. The van der Waals surface area contributed by atoms with Gasteiger partial charge in [0.1, 0.15) is 0 Å². The number of ether oxygens (including phenoxy) is 2. The predicted molar refractivity (Wildman–Crippen MR) is 111 cm³/mol. The Hall–Kier alpha value is -2.73. The standard InChI is InChI=1S/C21H25ClN2O4/c1-12-7-13(2)19(14(3)8-12)23-18(25)11-24(4)21(26)15-9-16(22)20(28-6)17(10-15)27-5/h7-10H,11H2,1-6H3,(H,23,25). The van der Waals surface area contributed by atoms with Crippen molar-refractivity contribution in [2.45, 2.75) is 20.8 Å². The second-order valence-corrected chi connectivity index (χ2v) is 7.08. The molecule has 0 aliphatic rings. The molecule has 28 heavy (non-hydrogen) atoms. The maximum atomic E-state index is 12.7. The Bertz CT molecular complexity index is 889. The third-order valence-electron chi connectivity index (χ3n) is 4.35. The third-order valence-corrected chi connectivity index (χ3v) is 4.63. The van der Waals surface area contributed by atoms with Crippen LogP contribution in [-0.4, -0.2) is 44.5 Å². The minimum atomic E-state index is -0.352. The van der Waals surface area contributed by atoms with Gasteiger partial charge in [0.15, 0.2) is 11.5 Å². The van der Waals surface area contributed by atoms with Gasteiger partial charge < -0.3 is 19.7 Å². The Labute approximate surface area is 170 Å². The molecule has 0 unspecified atom stereocenters. The van der Waals surface area contributed by atoms with E-state index in [0.29, 0.717) is 17.1 Å². The molecule has 2 aromatic carbocycles. The van der Waals surface area contributed by atoms with E-state index in [4.69, 9.17) is 21.1 Å². The van der Waals surface area contributed by atoms with Gasteiger partial charge in [-0.25, -0.2) is 0 Å². The minimum absolute atomic E-state index is 0.0996. The van der Waals surface area contributed by atoms with Crippen LogP contribution in [0.3, 0.4) is 0 Å². The van der Waals surface area contributed by atoms with Gasteiger partial charge in [0, 0.05) is 18.3 Å². The number of carbonyl (C=O) groups excluding carboxylic acids is 2. The molecule has 0 atom stereocenters. The average molecular weight is 405 g/mol. The summed E-state index contributed by atoms with van der Waals surface area (Å²) >= 11 is 6.17. The molecule has 1 N–H and O–H groups in total. The van der Waals surface area contributed by atoms with E-state index < -0.39 is 0 Å². The first-order valence-corrected chi connectivity index (χ1v) is 9.10. The van der Waals surface area contributed by atoms with Crippen molar-refractivity contribution in [2.75, 3.05) is 33.1 Å². The average Bonchev–Trinajstić information content (AvgIpc) is 2.63. The fourth-order valence-electron chi connectivity index (χ4n) is 3.11. The number of halogens is 1. The number of hydrogen-bond donors (Lipinski definition) is 1. The van der Waals surface area contributed by atoms with Crippen LogP contribution in [-0.2, 0) is 4.79 Å². The summed E-state index contributed by atoms with van der Waals surface area (Å²) in [6.45, 7) is 5.79. The molecule has 6 nitrogen and oxygen atoms in total. The van der Waals surface area contributed by atoms with Gasteiger partial charge in [0.05, 0.1) is 25.8 Å². The summed E-state index contributed by atoms with van der Waals surface area (Å²) in [6.07, 6.45) is 0. The minimum Gasteiger partial charge on any atom is -0.493 e. The lowest BCUT2D eigenvalue weighted by molar-refractivity contribution is -0.116. The molecule has 0 spiro atoms. The van der Waals surface area contributed by atoms with Gasteiger partial charge in [-0.1, -0.05) is 29.3 Å². The van der Waals surface area contributed by atoms with Gasteiger partial charge in [-0.15, -0.1) is 0 Å². The van der Waals surface area contributed by atoms with Gasteiger partial charge in [-0.2, -0.15) is 0 Å². The first kappa shape index (κ1) is 21.6. The molecular formula is C21H25ClN2O4. The number of methoxy groups -OCH3 is 2. The number of rotatable bonds is 6. The van der Waals surface area contributed by atoms with E-state index in [2.05, 4.69) is 5.32 Å². The first-order chi connectivity index (χ1) is 13.2. The van der Waals surface area contributed by atoms with E-state index in [1.165, 1.54) is 31.3 Å². The molecule has 150 valence electrons. The van der Waals surface area contributed by atoms with Crippen molar-refractivity contribution in [1.82, 2.24) is 4.90 Å². The maximum Gasteiger partial charge on any atom is 0.254 e. The summed E-state index contributed by atoms with van der Waals surface area (Å²) in [5, 5.41) is 3.15. The number of benzene rings is 2. The predicted octanol–water partition coefficient (Wildman–Crippen LogP) is 3.99. The zero-order valence-electron chi connectivity index (χ0n) is 17.0. The Kier molecular flexibility index (Phi) is 6.91. The summed E-state index contributed by atoms with van der Waals surface area (Å²) < 4.78 is 10.4. The van der Waals surface area contributed by atoms with Crippen molar-refractivity contribution in [3.8, 4) is 11.5 Å². The molecule has 0 aliphatic heterocycles. The number of amides is 2. The van der Waals surface area contributed by atoms with Crippen LogP contribution in [0, 0.1) is 20.8 Å². The second kappa shape index (κ2) is 8.97. The van der Waals surface area contributed by atoms with E-state index >= 15 is 0 Å². The molecule has 0 fully saturated rings. The maximum absolute atomic E-state index is 12.7. The Morgan fingerprint density at radius 1 is 1.04 bits per heavy atom. The molecule has 2 amide bonds. The van der Waals surface area contributed by atoms with Crippen molar-refractivity contribution in [2.24, 2.45) is 0 Å². The van der Waals surface area contributed by atoms with Crippen molar-refractivity contribution < 1.29 is 19.1 Å². The Balaban J connectivity index is 2.14. The molecule has 0 heterocycles. The molecule has 0 radical (unpaired) electrons. The third kappa shape index (κ3) is 4.75. The number of hydrogen-bond acceptors (Lipinski definition) is 4. The fraction of sp³-hybridized carbons (Fsp3) is 0.333. The smallest absolute Gasteiger partial charge is 0.254 e. The molecule has 2 rings (SSSR count). The molecule has 0 aromatic heterocycles. The van der Waals surface area contributed by atoms with E-state index in [-0.39, 0.29) is 23.4 Å². The Morgan fingerprint density at radius 2 is 1.64 bits per heavy atom. The summed E-state index contributed by atoms with van der Waals surface area (Å²) in [5.74, 6) is 0.0707. The molecule has 0 aliphatic carbocycles. The highest BCUT2D eigenvalue weighted by Crippen LogP contribution is 2.36. The quantitative estimate of drug-likeness (QED) is 0.790. The highest BCUT2D eigenvalue weighted by Gasteiger charge is 2.20. The molecule has 0 bridgehead atoms. The van der Waals surface area contributed by atoms with Crippen molar-refractivity contribution >= 4 is 29.1 Å². The lowest BCUT2D eigenvalue weighted by Gasteiger charge is -2.19. The van der Waals surface area contributed by atoms with Crippen LogP contribution in [0.1, 0.15) is 27.0 Å². The van der Waals surface area contributed by atoms with Crippen LogP contribution >= 0.6 is 11.6 Å². The van der Waals surface area contributed by atoms with Gasteiger partial charge in [0.25, 0.3) is 5.91 Å². The van der Waals surface area contributed by atoms with E-state index in [1.54, 1.807) is 7.05 Å². The van der Waals surface area contributed by atoms with Crippen LogP contribution in [0.25, 0.3) is 0 Å². The monoisotopic (exact) mass is 404 g/mol. The van der Waals surface area contributed by atoms with Crippen LogP contribution in [0.4, 0.5) is 5.69 Å². The zero-order chi connectivity index (χ0) is 21.0. The van der Waals surface area contributed by atoms with Gasteiger partial charge in [-0.05, 0) is 44.0 Å². The first-order valence-electron chi connectivity index (χ1n) is 8.72. The zero-order valence-corrected chi connectivity index (χ0v) is 17.7. The largest absolute Gasteiger partial charge is 0.493 e. The highest BCUT2D eigenvalue weighted by atomic mass is 35.5. The molecule has 0 saturated heterocycles. The Morgan fingerprint density at radius 3 is 2.18 bits per heavy atom. The van der Waals surface area contributed by atoms with Gasteiger partial charge in [-0.3, -0.25) is 9.59 Å². The summed E-state index contributed by atoms with van der Waals surface area (Å²) in [7, 11) is 4.49. The summed E-state index contributed by atoms with van der Waals surface area (Å²) in [6, 6.07) is 7.04. The molecular weight excluding hydrogens is 380 g/mol. The molecule has 7 heteroatoms. The normalized spacial score (nSPS) is 10.4. The van der Waals surface area contributed by atoms with Crippen molar-refractivity contribution in [1.29, 1.82) is 0 Å². The number of nitrogens with one attached hydrogen (secondary N) is 1.